The maximum absolute atomic E-state index is 11.9. The average Bonchev–Trinajstić information content (AvgIpc) is 2.63. The Kier molecular flexibility index (Phi) is 16.4. The van der Waals surface area contributed by atoms with Gasteiger partial charge in [0.25, 0.3) is 5.28 Å². The van der Waals surface area contributed by atoms with E-state index in [4.69, 9.17) is 0 Å². The van der Waals surface area contributed by atoms with Gasteiger partial charge in [0.05, 0.1) is 21.1 Å². The Morgan fingerprint density at radius 2 is 1.18 bits per heavy atom. The van der Waals surface area contributed by atoms with E-state index in [1.807, 2.05) is 28.1 Å². The number of rotatable bonds is 19. The van der Waals surface area contributed by atoms with Crippen LogP contribution in [0.1, 0.15) is 117 Å². The first-order valence-corrected chi connectivity index (χ1v) is 13.1. The van der Waals surface area contributed by atoms with Crippen molar-refractivity contribution in [3.8, 4) is 0 Å². The molecule has 0 aliphatic rings. The topological polar surface area (TPSA) is 40.1 Å². The van der Waals surface area contributed by atoms with E-state index in [0.717, 1.165) is 19.3 Å². The van der Waals surface area contributed by atoms with Crippen molar-refractivity contribution in [2.45, 2.75) is 122 Å². The summed E-state index contributed by atoms with van der Waals surface area (Å²) in [5, 5.41) is -0.595. The van der Waals surface area contributed by atoms with Crippen molar-refractivity contribution < 1.29 is 13.9 Å². The van der Waals surface area contributed by atoms with E-state index in [-0.39, 0.29) is 0 Å². The van der Waals surface area contributed by atoms with Gasteiger partial charge in [0.15, 0.2) is 0 Å². The molecule has 0 aliphatic carbocycles. The van der Waals surface area contributed by atoms with Crippen molar-refractivity contribution >= 4 is 8.03 Å². The fourth-order valence-corrected chi connectivity index (χ4v) is 5.32. The molecule has 0 aromatic carbocycles. The van der Waals surface area contributed by atoms with Crippen molar-refractivity contribution in [2.75, 3.05) is 21.1 Å². The predicted molar refractivity (Wildman–Crippen MR) is 123 cm³/mol. The molecule has 0 rings (SSSR count). The first-order chi connectivity index (χ1) is 13.3. The third-order valence-electron chi connectivity index (χ3n) is 6.34. The van der Waals surface area contributed by atoms with Crippen LogP contribution in [0.25, 0.3) is 0 Å². The van der Waals surface area contributed by atoms with Gasteiger partial charge in [-0.25, -0.2) is 0 Å². The number of quaternary nitrogens is 1. The monoisotopic (exact) mass is 414 g/mol. The van der Waals surface area contributed by atoms with E-state index in [9.17, 15) is 9.46 Å². The smallest absolute Gasteiger partial charge is 0.376 e. The molecule has 0 spiro atoms. The third kappa shape index (κ3) is 11.7. The quantitative estimate of drug-likeness (QED) is 0.0960. The summed E-state index contributed by atoms with van der Waals surface area (Å²) >= 11 is 0. The zero-order valence-corrected chi connectivity index (χ0v) is 20.6. The molecular weight excluding hydrogens is 365 g/mol. The number of hydrogen-bond donors (Lipinski definition) is 0. The lowest BCUT2D eigenvalue weighted by molar-refractivity contribution is -0.910. The molecule has 0 saturated carbocycles. The van der Waals surface area contributed by atoms with Crippen LogP contribution in [0.15, 0.2) is 12.2 Å². The zero-order valence-electron chi connectivity index (χ0n) is 19.7. The average molecular weight is 415 g/mol. The van der Waals surface area contributed by atoms with Crippen molar-refractivity contribution in [3.63, 3.8) is 0 Å². The molecule has 166 valence electrons. The van der Waals surface area contributed by atoms with Gasteiger partial charge >= 0.3 is 8.03 Å². The van der Waals surface area contributed by atoms with Crippen molar-refractivity contribution in [1.82, 2.24) is 0 Å². The lowest BCUT2D eigenvalue weighted by Gasteiger charge is -2.39. The van der Waals surface area contributed by atoms with E-state index in [0.29, 0.717) is 10.9 Å². The molecule has 0 heterocycles. The second-order valence-electron chi connectivity index (χ2n) is 9.31. The first-order valence-electron chi connectivity index (χ1n) is 11.9. The zero-order chi connectivity index (χ0) is 21.3. The minimum atomic E-state index is -2.41. The minimum absolute atomic E-state index is 0.512. The molecule has 0 aromatic heterocycles. The minimum Gasteiger partial charge on any atom is -0.590 e. The molecule has 3 nitrogen and oxygen atoms in total. The van der Waals surface area contributed by atoms with Crippen LogP contribution in [0.5, 0.6) is 0 Å². The van der Waals surface area contributed by atoms with Gasteiger partial charge in [0, 0.05) is 12.8 Å². The summed E-state index contributed by atoms with van der Waals surface area (Å²) in [7, 11) is 3.63. The summed E-state index contributed by atoms with van der Waals surface area (Å²) < 4.78 is 12.4. The standard InChI is InChI=1S/C24H49NO2P/c1-6-8-9-10-11-12-13-14-15-16-17-18-19-20-21-22-23-24(7-2,28(26)27)25(3,4)5/h6,8H,7,9-23H2,1-5H3/q+1/b8-6-. The Morgan fingerprint density at radius 3 is 1.50 bits per heavy atom. The molecule has 0 aliphatic heterocycles. The van der Waals surface area contributed by atoms with Gasteiger partial charge in [-0.05, 0) is 26.2 Å². The molecule has 0 bridgehead atoms. The molecule has 28 heavy (non-hydrogen) atoms. The van der Waals surface area contributed by atoms with E-state index in [1.54, 1.807) is 0 Å². The second-order valence-corrected chi connectivity index (χ2v) is 10.7. The van der Waals surface area contributed by atoms with E-state index >= 15 is 0 Å². The molecule has 2 atom stereocenters. The van der Waals surface area contributed by atoms with Gasteiger partial charge in [0.1, 0.15) is 0 Å². The normalized spacial score (nSPS) is 15.1. The van der Waals surface area contributed by atoms with Crippen molar-refractivity contribution in [1.29, 1.82) is 0 Å². The highest BCUT2D eigenvalue weighted by atomic mass is 31.1. The molecule has 0 aromatic rings. The second kappa shape index (κ2) is 16.5. The summed E-state index contributed by atoms with van der Waals surface area (Å²) in [6, 6.07) is 0. The Balaban J connectivity index is 3.58. The van der Waals surface area contributed by atoms with Crippen LogP contribution < -0.4 is 4.89 Å². The van der Waals surface area contributed by atoms with Crippen LogP contribution in [0.3, 0.4) is 0 Å². The van der Waals surface area contributed by atoms with Crippen LogP contribution in [-0.4, -0.2) is 30.9 Å². The van der Waals surface area contributed by atoms with E-state index < -0.39 is 13.3 Å². The van der Waals surface area contributed by atoms with Gasteiger partial charge < -0.3 is 4.89 Å². The Labute approximate surface area is 177 Å². The fourth-order valence-electron chi connectivity index (χ4n) is 4.23. The molecular formula is C24H49NO2P+. The maximum atomic E-state index is 11.9. The SMILES string of the molecule is C/C=C\CCCCCCCCCCCCCCCC(CC)([P+](=O)[O-])[N+](C)(C)C. The molecule has 0 saturated heterocycles. The van der Waals surface area contributed by atoms with Crippen LogP contribution in [0, 0.1) is 0 Å². The summed E-state index contributed by atoms with van der Waals surface area (Å²) in [4.78, 5) is 11.9. The predicted octanol–water partition coefficient (Wildman–Crippen LogP) is 7.33. The summed E-state index contributed by atoms with van der Waals surface area (Å²) in [6.45, 7) is 4.11. The van der Waals surface area contributed by atoms with Crippen LogP contribution in [0.4, 0.5) is 0 Å². The first kappa shape index (κ1) is 27.8. The third-order valence-corrected chi connectivity index (χ3v) is 8.16. The summed E-state index contributed by atoms with van der Waals surface area (Å²) in [5.74, 6) is 0. The summed E-state index contributed by atoms with van der Waals surface area (Å²) in [6.07, 6.45) is 24.4. The van der Waals surface area contributed by atoms with Crippen LogP contribution in [-0.2, 0) is 4.57 Å². The maximum Gasteiger partial charge on any atom is 0.376 e. The Hall–Kier alpha value is -0.240. The van der Waals surface area contributed by atoms with Crippen LogP contribution in [0.2, 0.25) is 0 Å². The summed E-state index contributed by atoms with van der Waals surface area (Å²) in [5.41, 5.74) is 0. The highest BCUT2D eigenvalue weighted by Gasteiger charge is 2.52. The number of allylic oxidation sites excluding steroid dienone is 2. The largest absolute Gasteiger partial charge is 0.590 e. The van der Waals surface area contributed by atoms with Gasteiger partial charge in [-0.15, -0.1) is 0 Å². The Morgan fingerprint density at radius 1 is 0.786 bits per heavy atom. The molecule has 0 radical (unpaired) electrons. The van der Waals surface area contributed by atoms with E-state index in [2.05, 4.69) is 19.1 Å². The van der Waals surface area contributed by atoms with Crippen molar-refractivity contribution in [2.24, 2.45) is 0 Å². The van der Waals surface area contributed by atoms with Gasteiger partial charge in [0.2, 0.25) is 0 Å². The van der Waals surface area contributed by atoms with E-state index in [1.165, 1.54) is 77.0 Å². The molecule has 0 fully saturated rings. The van der Waals surface area contributed by atoms with Gasteiger partial charge in [-0.1, -0.05) is 94.3 Å². The molecule has 0 N–H and O–H groups in total. The van der Waals surface area contributed by atoms with Gasteiger partial charge in [-0.2, -0.15) is 0 Å². The number of hydrogen-bond acceptors (Lipinski definition) is 2. The highest BCUT2D eigenvalue weighted by molar-refractivity contribution is 7.38. The lowest BCUT2D eigenvalue weighted by atomic mass is 10.0. The number of nitrogens with zero attached hydrogens (tertiary/aromatic N) is 1. The van der Waals surface area contributed by atoms with Crippen LogP contribution >= 0.6 is 8.03 Å². The highest BCUT2D eigenvalue weighted by Crippen LogP contribution is 2.44. The fraction of sp³-hybridized carbons (Fsp3) is 0.917. The number of unbranched alkanes of at least 4 members (excludes halogenated alkanes) is 13. The van der Waals surface area contributed by atoms with Gasteiger partial charge in [-0.3, -0.25) is 4.48 Å². The molecule has 4 heteroatoms. The molecule has 2 unspecified atom stereocenters. The molecule has 0 amide bonds. The Bertz CT molecular complexity index is 417. The lowest BCUT2D eigenvalue weighted by Crippen LogP contribution is -2.55. The van der Waals surface area contributed by atoms with Crippen molar-refractivity contribution in [3.05, 3.63) is 12.2 Å².